The molecular formula is C11H21NO3. The van der Waals surface area contributed by atoms with Crippen LogP contribution in [0.25, 0.3) is 0 Å². The minimum atomic E-state index is -0.463. The lowest BCUT2D eigenvalue weighted by molar-refractivity contribution is -0.00735. The predicted octanol–water partition coefficient (Wildman–Crippen LogP) is 2.38. The molecule has 0 aromatic carbocycles. The van der Waals surface area contributed by atoms with Gasteiger partial charge in [0.1, 0.15) is 5.60 Å². The van der Waals surface area contributed by atoms with Gasteiger partial charge in [0.25, 0.3) is 0 Å². The molecule has 1 unspecified atom stereocenters. The normalized spacial score (nSPS) is 21.1. The number of ether oxygens (including phenoxy) is 2. The topological polar surface area (TPSA) is 42.1 Å². The number of hydrogen-bond acceptors (Lipinski definition) is 3. The van der Waals surface area contributed by atoms with E-state index in [9.17, 15) is 4.79 Å². The van der Waals surface area contributed by atoms with E-state index in [1.54, 1.807) is 4.90 Å². The van der Waals surface area contributed by atoms with Gasteiger partial charge in [0.05, 0.1) is 6.61 Å². The van der Waals surface area contributed by atoms with Crippen molar-refractivity contribution in [1.82, 2.24) is 4.90 Å². The first-order valence-electron chi connectivity index (χ1n) is 5.25. The highest BCUT2D eigenvalue weighted by molar-refractivity contribution is 5.69. The molecule has 4 nitrogen and oxygen atoms in total. The summed E-state index contributed by atoms with van der Waals surface area (Å²) in [5.41, 5.74) is -0.737. The quantitative estimate of drug-likeness (QED) is 0.631. The maximum Gasteiger partial charge on any atom is 0.412 e. The minimum Gasteiger partial charge on any atom is -0.444 e. The molecule has 0 aromatic heterocycles. The van der Waals surface area contributed by atoms with Crippen molar-refractivity contribution in [3.63, 3.8) is 0 Å². The predicted molar refractivity (Wildman–Crippen MR) is 57.6 cm³/mol. The first kappa shape index (κ1) is 12.3. The van der Waals surface area contributed by atoms with Crippen molar-refractivity contribution in [1.29, 1.82) is 0 Å². The number of epoxide rings is 1. The Labute approximate surface area is 91.5 Å². The smallest absolute Gasteiger partial charge is 0.412 e. The second-order valence-corrected chi connectivity index (χ2v) is 5.81. The summed E-state index contributed by atoms with van der Waals surface area (Å²) in [6.45, 7) is 12.1. The van der Waals surface area contributed by atoms with Crippen LogP contribution >= 0.6 is 0 Å². The summed E-state index contributed by atoms with van der Waals surface area (Å²) in [4.78, 5) is 13.6. The van der Waals surface area contributed by atoms with Gasteiger partial charge in [0.2, 0.25) is 0 Å². The third kappa shape index (κ3) is 3.70. The molecular weight excluding hydrogens is 194 g/mol. The molecule has 4 heteroatoms. The van der Waals surface area contributed by atoms with Crippen molar-refractivity contribution in [3.05, 3.63) is 0 Å². The summed E-state index contributed by atoms with van der Waals surface area (Å²) < 4.78 is 10.5. The van der Waals surface area contributed by atoms with E-state index in [2.05, 4.69) is 0 Å². The van der Waals surface area contributed by atoms with Crippen molar-refractivity contribution >= 4 is 6.09 Å². The zero-order valence-corrected chi connectivity index (χ0v) is 10.5. The van der Waals surface area contributed by atoms with Gasteiger partial charge in [0, 0.05) is 5.54 Å². The first-order valence-corrected chi connectivity index (χ1v) is 5.25. The zero-order valence-electron chi connectivity index (χ0n) is 10.5. The molecule has 1 fully saturated rings. The number of carbonyl (C=O) groups is 1. The van der Waals surface area contributed by atoms with Gasteiger partial charge >= 0.3 is 6.09 Å². The molecule has 0 aliphatic carbocycles. The molecule has 88 valence electrons. The van der Waals surface area contributed by atoms with Crippen molar-refractivity contribution < 1.29 is 14.3 Å². The van der Waals surface area contributed by atoms with Crippen LogP contribution in [0.1, 0.15) is 41.5 Å². The van der Waals surface area contributed by atoms with E-state index in [1.807, 2.05) is 41.5 Å². The molecule has 1 atom stereocenters. The van der Waals surface area contributed by atoms with Crippen LogP contribution in [0.4, 0.5) is 4.79 Å². The Kier molecular flexibility index (Phi) is 3.01. The molecule has 0 radical (unpaired) electrons. The standard InChI is InChI=1S/C11H21NO3/c1-10(2,3)12(8-7-14-8)9(13)15-11(4,5)6/h8H,7H2,1-6H3. The molecule has 0 saturated carbocycles. The van der Waals surface area contributed by atoms with Gasteiger partial charge < -0.3 is 9.47 Å². The second-order valence-electron chi connectivity index (χ2n) is 5.81. The molecule has 15 heavy (non-hydrogen) atoms. The first-order chi connectivity index (χ1) is 6.61. The van der Waals surface area contributed by atoms with Gasteiger partial charge in [0.15, 0.2) is 6.23 Å². The second kappa shape index (κ2) is 3.67. The van der Waals surface area contributed by atoms with Gasteiger partial charge in [-0.2, -0.15) is 0 Å². The Hall–Kier alpha value is -0.770. The Bertz CT molecular complexity index is 246. The largest absolute Gasteiger partial charge is 0.444 e. The summed E-state index contributed by atoms with van der Waals surface area (Å²) in [7, 11) is 0. The molecule has 0 bridgehead atoms. The van der Waals surface area contributed by atoms with E-state index in [0.717, 1.165) is 0 Å². The number of nitrogens with zero attached hydrogens (tertiary/aromatic N) is 1. The fourth-order valence-electron chi connectivity index (χ4n) is 1.33. The van der Waals surface area contributed by atoms with E-state index < -0.39 is 5.60 Å². The average Bonchev–Trinajstić information content (AvgIpc) is 2.62. The fraction of sp³-hybridized carbons (Fsp3) is 0.909. The number of amides is 1. The summed E-state index contributed by atoms with van der Waals surface area (Å²) in [6.07, 6.45) is -0.419. The highest BCUT2D eigenvalue weighted by Crippen LogP contribution is 2.27. The summed E-state index contributed by atoms with van der Waals surface area (Å²) in [6, 6.07) is 0. The molecule has 1 rings (SSSR count). The lowest BCUT2D eigenvalue weighted by Crippen LogP contribution is -2.49. The summed E-state index contributed by atoms with van der Waals surface area (Å²) in [5, 5.41) is 0. The van der Waals surface area contributed by atoms with Gasteiger partial charge in [-0.15, -0.1) is 0 Å². The van der Waals surface area contributed by atoms with E-state index >= 15 is 0 Å². The monoisotopic (exact) mass is 215 g/mol. The van der Waals surface area contributed by atoms with Gasteiger partial charge in [-0.05, 0) is 41.5 Å². The van der Waals surface area contributed by atoms with Crippen LogP contribution in [0, 0.1) is 0 Å². The number of carbonyl (C=O) groups excluding carboxylic acids is 1. The number of rotatable bonds is 1. The maximum atomic E-state index is 11.9. The Morgan fingerprint density at radius 2 is 1.73 bits per heavy atom. The maximum absolute atomic E-state index is 11.9. The van der Waals surface area contributed by atoms with Crippen molar-refractivity contribution in [2.24, 2.45) is 0 Å². The van der Waals surface area contributed by atoms with E-state index in [4.69, 9.17) is 9.47 Å². The average molecular weight is 215 g/mol. The van der Waals surface area contributed by atoms with Gasteiger partial charge in [-0.3, -0.25) is 4.90 Å². The van der Waals surface area contributed by atoms with Crippen LogP contribution in [-0.4, -0.2) is 35.0 Å². The van der Waals surface area contributed by atoms with E-state index in [1.165, 1.54) is 0 Å². The molecule has 0 spiro atoms. The Morgan fingerprint density at radius 1 is 1.27 bits per heavy atom. The Morgan fingerprint density at radius 3 is 2.00 bits per heavy atom. The van der Waals surface area contributed by atoms with Crippen molar-refractivity contribution in [2.45, 2.75) is 58.9 Å². The molecule has 0 N–H and O–H groups in total. The fourth-order valence-corrected chi connectivity index (χ4v) is 1.33. The highest BCUT2D eigenvalue weighted by Gasteiger charge is 2.42. The molecule has 1 saturated heterocycles. The van der Waals surface area contributed by atoms with Crippen molar-refractivity contribution in [2.75, 3.05) is 6.61 Å². The SMILES string of the molecule is CC(C)(C)OC(=O)N(C1CO1)C(C)(C)C. The minimum absolute atomic E-state index is 0.111. The summed E-state index contributed by atoms with van der Waals surface area (Å²) >= 11 is 0. The lowest BCUT2D eigenvalue weighted by Gasteiger charge is -2.35. The Balaban J connectivity index is 2.69. The van der Waals surface area contributed by atoms with Gasteiger partial charge in [-0.25, -0.2) is 4.79 Å². The third-order valence-electron chi connectivity index (χ3n) is 1.92. The van der Waals surface area contributed by atoms with Crippen LogP contribution in [-0.2, 0) is 9.47 Å². The van der Waals surface area contributed by atoms with Gasteiger partial charge in [-0.1, -0.05) is 0 Å². The molecule has 0 aromatic rings. The van der Waals surface area contributed by atoms with Crippen LogP contribution in [0.5, 0.6) is 0 Å². The zero-order chi connectivity index (χ0) is 11.9. The van der Waals surface area contributed by atoms with Crippen LogP contribution in [0.3, 0.4) is 0 Å². The van der Waals surface area contributed by atoms with E-state index in [0.29, 0.717) is 6.61 Å². The van der Waals surface area contributed by atoms with Crippen LogP contribution < -0.4 is 0 Å². The molecule has 1 amide bonds. The van der Waals surface area contributed by atoms with Crippen molar-refractivity contribution in [3.8, 4) is 0 Å². The van der Waals surface area contributed by atoms with Crippen LogP contribution in [0.2, 0.25) is 0 Å². The lowest BCUT2D eigenvalue weighted by atomic mass is 10.1. The molecule has 1 heterocycles. The highest BCUT2D eigenvalue weighted by atomic mass is 16.6. The van der Waals surface area contributed by atoms with Crippen LogP contribution in [0.15, 0.2) is 0 Å². The molecule has 1 aliphatic rings. The third-order valence-corrected chi connectivity index (χ3v) is 1.92. The number of hydrogen-bond donors (Lipinski definition) is 0. The summed E-state index contributed by atoms with van der Waals surface area (Å²) in [5.74, 6) is 0. The van der Waals surface area contributed by atoms with E-state index in [-0.39, 0.29) is 17.9 Å². The molecule has 1 aliphatic heterocycles.